The fourth-order valence-corrected chi connectivity index (χ4v) is 3.79. The first-order valence-corrected chi connectivity index (χ1v) is 9.81. The molecule has 0 aliphatic carbocycles. The standard InChI is InChI=1S/C18H17N3O7S.ClH/c1-26-18(22)15(19)11-12-7-9-13(10-8-12)27-16-17(21(23)28-20-16)29(24,25)14-5-3-2-4-6-14;/h2-10,15H,11,19H2,1H3;1H/t15-;/m0./s1. The minimum absolute atomic E-state index is 0. The molecule has 1 heterocycles. The second kappa shape index (κ2) is 9.57. The third-order valence-electron chi connectivity index (χ3n) is 3.95. The highest BCUT2D eigenvalue weighted by Gasteiger charge is 2.36. The van der Waals surface area contributed by atoms with Crippen LogP contribution in [0, 0.1) is 5.21 Å². The molecule has 0 aliphatic rings. The Labute approximate surface area is 178 Å². The highest BCUT2D eigenvalue weighted by atomic mass is 35.5. The van der Waals surface area contributed by atoms with Crippen LogP contribution in [0.5, 0.6) is 11.6 Å². The van der Waals surface area contributed by atoms with E-state index in [-0.39, 0.29) is 34.4 Å². The molecule has 2 N–H and O–H groups in total. The second-order valence-electron chi connectivity index (χ2n) is 5.94. The number of nitrogens with two attached hydrogens (primary N) is 1. The van der Waals surface area contributed by atoms with Crippen molar-refractivity contribution in [3.8, 4) is 11.6 Å². The van der Waals surface area contributed by atoms with E-state index < -0.39 is 32.8 Å². The Balaban J connectivity index is 0.00000320. The maximum absolute atomic E-state index is 12.7. The SMILES string of the molecule is COC(=O)[C@@H](N)Cc1ccc(Oc2no[n+]([O-])c2S(=O)(=O)c2ccccc2)cc1.Cl. The predicted molar refractivity (Wildman–Crippen MR) is 105 cm³/mol. The molecule has 0 fully saturated rings. The molecule has 0 saturated heterocycles. The predicted octanol–water partition coefficient (Wildman–Crippen LogP) is 1.40. The van der Waals surface area contributed by atoms with Gasteiger partial charge in [0.15, 0.2) is 0 Å². The lowest BCUT2D eigenvalue weighted by Crippen LogP contribution is -2.33. The Hall–Kier alpha value is -3.15. The van der Waals surface area contributed by atoms with Gasteiger partial charge in [-0.2, -0.15) is 0 Å². The van der Waals surface area contributed by atoms with Crippen molar-refractivity contribution >= 4 is 28.2 Å². The summed E-state index contributed by atoms with van der Waals surface area (Å²) in [7, 11) is -2.96. The molecule has 10 nitrogen and oxygen atoms in total. The van der Waals surface area contributed by atoms with Gasteiger partial charge in [-0.3, -0.25) is 9.42 Å². The Kier molecular flexibility index (Phi) is 7.38. The van der Waals surface area contributed by atoms with Crippen molar-refractivity contribution in [3.63, 3.8) is 0 Å². The smallest absolute Gasteiger partial charge is 0.420 e. The van der Waals surface area contributed by atoms with Crippen molar-refractivity contribution in [2.75, 3.05) is 7.11 Å². The fraction of sp³-hybridized carbons (Fsp3) is 0.167. The van der Waals surface area contributed by atoms with Gasteiger partial charge in [0.2, 0.25) is 0 Å². The first kappa shape index (κ1) is 23.1. The fourth-order valence-electron chi connectivity index (χ4n) is 2.51. The van der Waals surface area contributed by atoms with Crippen LogP contribution in [0.15, 0.2) is 69.1 Å². The van der Waals surface area contributed by atoms with Gasteiger partial charge in [-0.25, -0.2) is 8.42 Å². The summed E-state index contributed by atoms with van der Waals surface area (Å²) < 4.78 is 39.9. The van der Waals surface area contributed by atoms with Crippen LogP contribution in [0.3, 0.4) is 0 Å². The van der Waals surface area contributed by atoms with Crippen molar-refractivity contribution < 1.29 is 32.2 Å². The Morgan fingerprint density at radius 3 is 2.43 bits per heavy atom. The van der Waals surface area contributed by atoms with E-state index in [1.54, 1.807) is 18.2 Å². The monoisotopic (exact) mass is 455 g/mol. The van der Waals surface area contributed by atoms with Gasteiger partial charge < -0.3 is 20.4 Å². The summed E-state index contributed by atoms with van der Waals surface area (Å²) in [4.78, 5) is 11.1. The summed E-state index contributed by atoms with van der Waals surface area (Å²) in [5.74, 6) is -0.828. The summed E-state index contributed by atoms with van der Waals surface area (Å²) >= 11 is 0. The number of esters is 1. The molecule has 0 bridgehead atoms. The topological polar surface area (TPSA) is 149 Å². The molecule has 0 radical (unpaired) electrons. The number of ether oxygens (including phenoxy) is 2. The van der Waals surface area contributed by atoms with Gasteiger partial charge in [-0.05, 0) is 41.2 Å². The van der Waals surface area contributed by atoms with Crippen molar-refractivity contribution in [2.24, 2.45) is 5.73 Å². The molecule has 160 valence electrons. The van der Waals surface area contributed by atoms with Crippen LogP contribution in [0.2, 0.25) is 0 Å². The van der Waals surface area contributed by atoms with Gasteiger partial charge >= 0.3 is 16.9 Å². The number of aromatic nitrogens is 2. The molecule has 1 atom stereocenters. The molecule has 0 unspecified atom stereocenters. The lowest BCUT2D eigenvalue weighted by molar-refractivity contribution is -0.832. The molecule has 2 aromatic carbocycles. The van der Waals surface area contributed by atoms with E-state index in [0.29, 0.717) is 0 Å². The molecule has 3 aromatic rings. The third-order valence-corrected chi connectivity index (χ3v) is 5.68. The Bertz CT molecular complexity index is 1100. The van der Waals surface area contributed by atoms with Gasteiger partial charge in [-0.15, -0.1) is 12.4 Å². The summed E-state index contributed by atoms with van der Waals surface area (Å²) in [5, 5.41) is 14.5. The van der Waals surface area contributed by atoms with Gasteiger partial charge in [-0.1, -0.05) is 30.3 Å². The van der Waals surface area contributed by atoms with Gasteiger partial charge in [0.1, 0.15) is 11.8 Å². The highest BCUT2D eigenvalue weighted by Crippen LogP contribution is 2.28. The average molecular weight is 456 g/mol. The summed E-state index contributed by atoms with van der Waals surface area (Å²) in [5.41, 5.74) is 6.44. The number of halogens is 1. The van der Waals surface area contributed by atoms with Crippen LogP contribution in [-0.4, -0.2) is 32.7 Å². The van der Waals surface area contributed by atoms with Gasteiger partial charge in [0.25, 0.3) is 9.84 Å². The minimum Gasteiger partial charge on any atom is -0.468 e. The lowest BCUT2D eigenvalue weighted by atomic mass is 10.1. The van der Waals surface area contributed by atoms with E-state index in [0.717, 1.165) is 5.56 Å². The molecule has 0 aliphatic heterocycles. The highest BCUT2D eigenvalue weighted by molar-refractivity contribution is 7.91. The van der Waals surface area contributed by atoms with E-state index in [2.05, 4.69) is 14.5 Å². The van der Waals surface area contributed by atoms with Gasteiger partial charge in [0, 0.05) is 0 Å². The van der Waals surface area contributed by atoms with Crippen LogP contribution in [0.1, 0.15) is 5.56 Å². The lowest BCUT2D eigenvalue weighted by Gasteiger charge is -2.09. The maximum atomic E-state index is 12.7. The number of methoxy groups -OCH3 is 1. The minimum atomic E-state index is -4.21. The van der Waals surface area contributed by atoms with E-state index in [4.69, 9.17) is 10.5 Å². The average Bonchev–Trinajstić information content (AvgIpc) is 3.10. The molecular formula is C18H18ClN3O7S. The normalized spacial score (nSPS) is 11.9. The molecule has 1 aromatic heterocycles. The van der Waals surface area contributed by atoms with Crippen LogP contribution < -0.4 is 15.4 Å². The van der Waals surface area contributed by atoms with E-state index >= 15 is 0 Å². The van der Waals surface area contributed by atoms with E-state index in [9.17, 15) is 18.4 Å². The Morgan fingerprint density at radius 2 is 1.83 bits per heavy atom. The maximum Gasteiger partial charge on any atom is 0.420 e. The number of hydrogen-bond donors (Lipinski definition) is 1. The number of sulfone groups is 1. The third kappa shape index (κ3) is 4.87. The van der Waals surface area contributed by atoms with E-state index in [1.807, 2.05) is 0 Å². The van der Waals surface area contributed by atoms with Crippen LogP contribution in [-0.2, 0) is 25.8 Å². The van der Waals surface area contributed by atoms with Gasteiger partial charge in [0.05, 0.1) is 17.2 Å². The largest absolute Gasteiger partial charge is 0.468 e. The number of carbonyl (C=O) groups is 1. The number of hydrogen-bond acceptors (Lipinski definition) is 9. The zero-order chi connectivity index (χ0) is 21.0. The quantitative estimate of drug-likeness (QED) is 0.412. The van der Waals surface area contributed by atoms with Crippen LogP contribution in [0.25, 0.3) is 0 Å². The summed E-state index contributed by atoms with van der Waals surface area (Å²) in [6, 6.07) is 12.8. The second-order valence-corrected chi connectivity index (χ2v) is 7.80. The first-order chi connectivity index (χ1) is 13.8. The molecule has 0 spiro atoms. The zero-order valence-electron chi connectivity index (χ0n) is 15.6. The van der Waals surface area contributed by atoms with E-state index in [1.165, 1.54) is 43.5 Å². The van der Waals surface area contributed by atoms with Crippen molar-refractivity contribution in [1.82, 2.24) is 5.16 Å². The van der Waals surface area contributed by atoms with Crippen molar-refractivity contribution in [2.45, 2.75) is 22.4 Å². The molecule has 3 rings (SSSR count). The summed E-state index contributed by atoms with van der Waals surface area (Å²) in [6.07, 6.45) is 0.241. The number of nitrogens with zero attached hydrogens (tertiary/aromatic N) is 2. The molecule has 0 amide bonds. The number of carbonyl (C=O) groups excluding carboxylic acids is 1. The Morgan fingerprint density at radius 1 is 1.20 bits per heavy atom. The van der Waals surface area contributed by atoms with Crippen molar-refractivity contribution in [1.29, 1.82) is 0 Å². The van der Waals surface area contributed by atoms with Crippen LogP contribution >= 0.6 is 12.4 Å². The number of benzene rings is 2. The van der Waals surface area contributed by atoms with Crippen molar-refractivity contribution in [3.05, 3.63) is 65.4 Å². The molecular weight excluding hydrogens is 438 g/mol. The summed E-state index contributed by atoms with van der Waals surface area (Å²) in [6.45, 7) is 0. The molecule has 0 saturated carbocycles. The number of rotatable bonds is 7. The first-order valence-electron chi connectivity index (χ1n) is 8.33. The zero-order valence-corrected chi connectivity index (χ0v) is 17.3. The van der Waals surface area contributed by atoms with Crippen LogP contribution in [0.4, 0.5) is 0 Å². The molecule has 12 heteroatoms. The molecule has 30 heavy (non-hydrogen) atoms.